The summed E-state index contributed by atoms with van der Waals surface area (Å²) < 4.78 is 0. The summed E-state index contributed by atoms with van der Waals surface area (Å²) in [6, 6.07) is 17.5. The average Bonchev–Trinajstić information content (AvgIpc) is 2.53. The third kappa shape index (κ3) is 2.86. The largest absolute Gasteiger partial charge is 0.396 e. The van der Waals surface area contributed by atoms with E-state index in [2.05, 4.69) is 53.4 Å². The third-order valence-electron chi connectivity index (χ3n) is 4.06. The van der Waals surface area contributed by atoms with Gasteiger partial charge in [0.25, 0.3) is 0 Å². The van der Waals surface area contributed by atoms with Gasteiger partial charge in [-0.3, -0.25) is 0 Å². The highest BCUT2D eigenvalue weighted by Crippen LogP contribution is 2.24. The molecule has 1 aliphatic rings. The molecular weight excluding hydrogens is 246 g/mol. The maximum Gasteiger partial charge on any atom is 0.0434 e. The molecule has 0 amide bonds. The topological polar surface area (TPSA) is 23.5 Å². The molecule has 0 atom stereocenters. The van der Waals surface area contributed by atoms with Crippen molar-refractivity contribution in [3.63, 3.8) is 0 Å². The quantitative estimate of drug-likeness (QED) is 0.919. The van der Waals surface area contributed by atoms with Gasteiger partial charge >= 0.3 is 0 Å². The second-order valence-electron chi connectivity index (χ2n) is 5.43. The first kappa shape index (κ1) is 13.2. The van der Waals surface area contributed by atoms with Gasteiger partial charge in [-0.15, -0.1) is 0 Å². The zero-order chi connectivity index (χ0) is 13.8. The molecule has 0 fully saturated rings. The van der Waals surface area contributed by atoms with Crippen molar-refractivity contribution in [2.45, 2.75) is 25.8 Å². The Hall–Kier alpha value is -1.80. The number of hydrogen-bond acceptors (Lipinski definition) is 2. The van der Waals surface area contributed by atoms with Crippen LogP contribution < -0.4 is 4.90 Å². The monoisotopic (exact) mass is 267 g/mol. The number of fused-ring (bicyclic) bond motifs is 1. The summed E-state index contributed by atoms with van der Waals surface area (Å²) in [6.45, 7) is 2.36. The normalized spacial score (nSPS) is 14.2. The van der Waals surface area contributed by atoms with Crippen molar-refractivity contribution in [1.29, 1.82) is 0 Å². The molecule has 0 saturated heterocycles. The Morgan fingerprint density at radius 1 is 0.950 bits per heavy atom. The molecule has 2 heteroatoms. The molecule has 2 nitrogen and oxygen atoms in total. The van der Waals surface area contributed by atoms with Gasteiger partial charge in [0.1, 0.15) is 0 Å². The van der Waals surface area contributed by atoms with Crippen LogP contribution in [0, 0.1) is 0 Å². The van der Waals surface area contributed by atoms with Crippen LogP contribution in [0.2, 0.25) is 0 Å². The highest BCUT2D eigenvalue weighted by atomic mass is 16.2. The minimum atomic E-state index is 0.269. The van der Waals surface area contributed by atoms with Crippen molar-refractivity contribution in [1.82, 2.24) is 0 Å². The molecule has 0 aromatic heterocycles. The molecule has 1 aliphatic heterocycles. The molecule has 0 aliphatic carbocycles. The molecule has 0 unspecified atom stereocenters. The summed E-state index contributed by atoms with van der Waals surface area (Å²) in [6.07, 6.45) is 2.93. The predicted molar refractivity (Wildman–Crippen MR) is 83.0 cm³/mol. The van der Waals surface area contributed by atoms with Gasteiger partial charge < -0.3 is 10.0 Å². The zero-order valence-corrected chi connectivity index (χ0v) is 11.8. The second-order valence-corrected chi connectivity index (χ2v) is 5.43. The maximum absolute atomic E-state index is 8.87. The molecule has 3 rings (SSSR count). The fourth-order valence-electron chi connectivity index (χ4n) is 2.87. The van der Waals surface area contributed by atoms with Gasteiger partial charge in [0.05, 0.1) is 0 Å². The van der Waals surface area contributed by atoms with Crippen molar-refractivity contribution in [2.75, 3.05) is 18.1 Å². The standard InChI is InChI=1S/C18H21NO/c20-13-3-4-15-7-9-18(10-8-15)19-12-11-16-5-1-2-6-17(16)14-19/h1-2,5-10,20H,3-4,11-14H2. The second kappa shape index (κ2) is 6.10. The van der Waals surface area contributed by atoms with Crippen LogP contribution >= 0.6 is 0 Å². The summed E-state index contributed by atoms with van der Waals surface area (Å²) in [5.74, 6) is 0. The Morgan fingerprint density at radius 2 is 1.70 bits per heavy atom. The van der Waals surface area contributed by atoms with E-state index in [1.54, 1.807) is 0 Å². The summed E-state index contributed by atoms with van der Waals surface area (Å²) in [4.78, 5) is 2.44. The van der Waals surface area contributed by atoms with Gasteiger partial charge in [-0.2, -0.15) is 0 Å². The maximum atomic E-state index is 8.87. The first-order valence-corrected chi connectivity index (χ1v) is 7.38. The number of rotatable bonds is 4. The highest BCUT2D eigenvalue weighted by Gasteiger charge is 2.15. The summed E-state index contributed by atoms with van der Waals surface area (Å²) in [5.41, 5.74) is 5.54. The van der Waals surface area contributed by atoms with Crippen LogP contribution in [0.25, 0.3) is 0 Å². The number of aliphatic hydroxyl groups is 1. The fourth-order valence-corrected chi connectivity index (χ4v) is 2.87. The Morgan fingerprint density at radius 3 is 2.45 bits per heavy atom. The van der Waals surface area contributed by atoms with Crippen LogP contribution in [0.15, 0.2) is 48.5 Å². The van der Waals surface area contributed by atoms with Gasteiger partial charge in [0.2, 0.25) is 0 Å². The van der Waals surface area contributed by atoms with Crippen LogP contribution in [-0.2, 0) is 19.4 Å². The number of nitrogens with zero attached hydrogens (tertiary/aromatic N) is 1. The molecule has 0 bridgehead atoms. The Kier molecular flexibility index (Phi) is 4.03. The molecule has 20 heavy (non-hydrogen) atoms. The number of benzene rings is 2. The number of aliphatic hydroxyl groups excluding tert-OH is 1. The average molecular weight is 267 g/mol. The molecule has 2 aromatic carbocycles. The molecule has 0 saturated carbocycles. The molecule has 2 aromatic rings. The van der Waals surface area contributed by atoms with Gasteiger partial charge in [-0.1, -0.05) is 36.4 Å². The first-order valence-electron chi connectivity index (χ1n) is 7.38. The lowest BCUT2D eigenvalue weighted by Gasteiger charge is -2.30. The van der Waals surface area contributed by atoms with Crippen LogP contribution in [0.1, 0.15) is 23.1 Å². The van der Waals surface area contributed by atoms with Crippen LogP contribution in [-0.4, -0.2) is 18.3 Å². The summed E-state index contributed by atoms with van der Waals surface area (Å²) >= 11 is 0. The van der Waals surface area contributed by atoms with Gasteiger partial charge in [0, 0.05) is 25.4 Å². The van der Waals surface area contributed by atoms with Gasteiger partial charge in [-0.05, 0) is 48.1 Å². The Balaban J connectivity index is 1.71. The number of hydrogen-bond donors (Lipinski definition) is 1. The molecular formula is C18H21NO. The Labute approximate surface area is 120 Å². The van der Waals surface area contributed by atoms with E-state index in [-0.39, 0.29) is 6.61 Å². The molecule has 1 N–H and O–H groups in total. The predicted octanol–water partition coefficient (Wildman–Crippen LogP) is 3.17. The van der Waals surface area contributed by atoms with E-state index >= 15 is 0 Å². The minimum absolute atomic E-state index is 0.269. The molecule has 0 spiro atoms. The lowest BCUT2D eigenvalue weighted by Crippen LogP contribution is -2.30. The van der Waals surface area contributed by atoms with E-state index in [1.165, 1.54) is 22.4 Å². The van der Waals surface area contributed by atoms with E-state index in [1.807, 2.05) is 0 Å². The lowest BCUT2D eigenvalue weighted by atomic mass is 9.99. The molecule has 1 heterocycles. The lowest BCUT2D eigenvalue weighted by molar-refractivity contribution is 0.288. The van der Waals surface area contributed by atoms with E-state index < -0.39 is 0 Å². The first-order chi connectivity index (χ1) is 9.86. The molecule has 0 radical (unpaired) electrons. The van der Waals surface area contributed by atoms with Crippen molar-refractivity contribution >= 4 is 5.69 Å². The highest BCUT2D eigenvalue weighted by molar-refractivity contribution is 5.50. The Bertz CT molecular complexity index is 562. The molecule has 104 valence electrons. The van der Waals surface area contributed by atoms with Crippen molar-refractivity contribution < 1.29 is 5.11 Å². The van der Waals surface area contributed by atoms with Crippen LogP contribution in [0.5, 0.6) is 0 Å². The number of aryl methyl sites for hydroxylation is 1. The fraction of sp³-hybridized carbons (Fsp3) is 0.333. The summed E-state index contributed by atoms with van der Waals surface area (Å²) in [7, 11) is 0. The van der Waals surface area contributed by atoms with Crippen LogP contribution in [0.3, 0.4) is 0 Å². The van der Waals surface area contributed by atoms with E-state index in [4.69, 9.17) is 5.11 Å². The van der Waals surface area contributed by atoms with E-state index in [0.29, 0.717) is 0 Å². The van der Waals surface area contributed by atoms with E-state index in [9.17, 15) is 0 Å². The third-order valence-corrected chi connectivity index (χ3v) is 4.06. The van der Waals surface area contributed by atoms with E-state index in [0.717, 1.165) is 32.4 Å². The number of anilines is 1. The summed E-state index contributed by atoms with van der Waals surface area (Å²) in [5, 5.41) is 8.87. The van der Waals surface area contributed by atoms with Crippen molar-refractivity contribution in [3.8, 4) is 0 Å². The van der Waals surface area contributed by atoms with Gasteiger partial charge in [0.15, 0.2) is 0 Å². The SMILES string of the molecule is OCCCc1ccc(N2CCc3ccccc3C2)cc1. The van der Waals surface area contributed by atoms with Crippen molar-refractivity contribution in [3.05, 3.63) is 65.2 Å². The van der Waals surface area contributed by atoms with Crippen LogP contribution in [0.4, 0.5) is 5.69 Å². The van der Waals surface area contributed by atoms with Gasteiger partial charge in [-0.25, -0.2) is 0 Å². The van der Waals surface area contributed by atoms with Crippen molar-refractivity contribution in [2.24, 2.45) is 0 Å². The zero-order valence-electron chi connectivity index (χ0n) is 11.8. The smallest absolute Gasteiger partial charge is 0.0434 e. The minimum Gasteiger partial charge on any atom is -0.396 e.